The minimum absolute atomic E-state index is 1.06. The van der Waals surface area contributed by atoms with Crippen molar-refractivity contribution in [3.05, 3.63) is 23.7 Å². The van der Waals surface area contributed by atoms with Gasteiger partial charge in [-0.3, -0.25) is 0 Å². The Labute approximate surface area is 81.6 Å². The second kappa shape index (κ2) is 4.45. The Bertz CT molecular complexity index is 265. The lowest BCUT2D eigenvalue weighted by atomic mass is 10.3. The van der Waals surface area contributed by atoms with Gasteiger partial charge in [0.25, 0.3) is 0 Å². The lowest BCUT2D eigenvalue weighted by Crippen LogP contribution is -2.33. The van der Waals surface area contributed by atoms with Crippen LogP contribution in [0.4, 0.5) is 0 Å². The Morgan fingerprint density at radius 3 is 3.00 bits per heavy atom. The van der Waals surface area contributed by atoms with E-state index in [1.54, 1.807) is 6.20 Å². The molecule has 12 heavy (non-hydrogen) atoms. The van der Waals surface area contributed by atoms with Crippen molar-refractivity contribution in [1.82, 2.24) is 4.57 Å². The van der Waals surface area contributed by atoms with Crippen LogP contribution in [0.3, 0.4) is 0 Å². The van der Waals surface area contributed by atoms with Gasteiger partial charge in [0.1, 0.15) is 12.4 Å². The second-order valence-electron chi connectivity index (χ2n) is 2.70. The van der Waals surface area contributed by atoms with Crippen LogP contribution in [-0.2, 0) is 6.54 Å². The third-order valence-corrected chi connectivity index (χ3v) is 2.67. The van der Waals surface area contributed by atoms with E-state index in [1.165, 1.54) is 12.8 Å². The van der Waals surface area contributed by atoms with Gasteiger partial charge in [-0.15, -0.1) is 0 Å². The number of nitrogens with zero attached hydrogens (tertiary/aromatic N) is 2. The predicted octanol–water partition coefficient (Wildman–Crippen LogP) is 2.44. The monoisotopic (exact) mass is 229 g/mol. The van der Waals surface area contributed by atoms with Crippen LogP contribution in [0.2, 0.25) is 0 Å². The molecule has 0 aliphatic rings. The minimum Gasteiger partial charge on any atom is -0.224 e. The highest BCUT2D eigenvalue weighted by atomic mass is 79.9. The summed E-state index contributed by atoms with van der Waals surface area (Å²) in [6.07, 6.45) is 8.27. The fraction of sp³-hybridized carbons (Fsp3) is 0.444. The molecule has 0 unspecified atom stereocenters. The molecule has 0 N–H and O–H groups in total. The van der Waals surface area contributed by atoms with Crippen molar-refractivity contribution in [3.8, 4) is 0 Å². The fourth-order valence-corrected chi connectivity index (χ4v) is 1.61. The molecule has 2 nitrogen and oxygen atoms in total. The van der Waals surface area contributed by atoms with E-state index in [2.05, 4.69) is 40.2 Å². The van der Waals surface area contributed by atoms with Crippen molar-refractivity contribution >= 4 is 22.1 Å². The van der Waals surface area contributed by atoms with E-state index >= 15 is 0 Å². The van der Waals surface area contributed by atoms with Crippen LogP contribution >= 0.6 is 15.9 Å². The molecule has 1 heterocycles. The SMILES string of the molecule is C=Cn1cc[n+](CCCC)c1Br. The highest BCUT2D eigenvalue weighted by Gasteiger charge is 2.09. The van der Waals surface area contributed by atoms with Gasteiger partial charge in [-0.1, -0.05) is 19.9 Å². The Balaban J connectivity index is 2.72. The van der Waals surface area contributed by atoms with Crippen molar-refractivity contribution < 1.29 is 4.57 Å². The van der Waals surface area contributed by atoms with Crippen LogP contribution in [0, 0.1) is 0 Å². The lowest BCUT2D eigenvalue weighted by molar-refractivity contribution is -0.707. The first kappa shape index (κ1) is 9.52. The van der Waals surface area contributed by atoms with Gasteiger partial charge in [0.05, 0.1) is 12.7 Å². The van der Waals surface area contributed by atoms with Crippen LogP contribution in [-0.4, -0.2) is 4.57 Å². The molecule has 0 aromatic carbocycles. The maximum absolute atomic E-state index is 3.71. The normalized spacial score (nSPS) is 10.2. The van der Waals surface area contributed by atoms with Gasteiger partial charge < -0.3 is 0 Å². The zero-order valence-corrected chi connectivity index (χ0v) is 8.92. The summed E-state index contributed by atoms with van der Waals surface area (Å²) >= 11 is 3.50. The Morgan fingerprint density at radius 2 is 2.50 bits per heavy atom. The molecule has 0 saturated heterocycles. The van der Waals surface area contributed by atoms with E-state index in [9.17, 15) is 0 Å². The summed E-state index contributed by atoms with van der Waals surface area (Å²) in [5.41, 5.74) is 0. The summed E-state index contributed by atoms with van der Waals surface area (Å²) in [5, 5.41) is 0. The number of aromatic nitrogens is 2. The molecule has 1 aromatic rings. The zero-order chi connectivity index (χ0) is 8.97. The van der Waals surface area contributed by atoms with Crippen LogP contribution in [0.25, 0.3) is 6.20 Å². The first-order valence-electron chi connectivity index (χ1n) is 4.18. The van der Waals surface area contributed by atoms with Gasteiger partial charge in [-0.05, 0) is 6.42 Å². The van der Waals surface area contributed by atoms with Gasteiger partial charge >= 0.3 is 4.73 Å². The van der Waals surface area contributed by atoms with Crippen LogP contribution in [0.1, 0.15) is 19.8 Å². The molecule has 1 rings (SSSR count). The van der Waals surface area contributed by atoms with Crippen molar-refractivity contribution in [2.75, 3.05) is 0 Å². The molecule has 0 saturated carbocycles. The Hall–Kier alpha value is -0.570. The fourth-order valence-electron chi connectivity index (χ4n) is 1.06. The van der Waals surface area contributed by atoms with E-state index in [-0.39, 0.29) is 0 Å². The molecule has 0 bridgehead atoms. The van der Waals surface area contributed by atoms with Gasteiger partial charge in [-0.25, -0.2) is 4.57 Å². The average Bonchev–Trinajstić information content (AvgIpc) is 2.43. The summed E-state index contributed by atoms with van der Waals surface area (Å²) in [6, 6.07) is 0. The summed E-state index contributed by atoms with van der Waals surface area (Å²) in [7, 11) is 0. The first-order valence-corrected chi connectivity index (χ1v) is 4.97. The van der Waals surface area contributed by atoms with Crippen LogP contribution in [0.15, 0.2) is 23.7 Å². The third-order valence-electron chi connectivity index (χ3n) is 1.81. The molecule has 0 aliphatic heterocycles. The lowest BCUT2D eigenvalue weighted by Gasteiger charge is -1.94. The summed E-state index contributed by atoms with van der Waals surface area (Å²) in [6.45, 7) is 6.97. The number of rotatable bonds is 4. The molecule has 3 heteroatoms. The Morgan fingerprint density at radius 1 is 1.75 bits per heavy atom. The van der Waals surface area contributed by atoms with Crippen molar-refractivity contribution in [3.63, 3.8) is 0 Å². The highest BCUT2D eigenvalue weighted by Crippen LogP contribution is 2.04. The summed E-state index contributed by atoms with van der Waals surface area (Å²) in [5.74, 6) is 0. The van der Waals surface area contributed by atoms with Crippen LogP contribution in [0.5, 0.6) is 0 Å². The van der Waals surface area contributed by atoms with E-state index < -0.39 is 0 Å². The first-order chi connectivity index (χ1) is 5.79. The van der Waals surface area contributed by atoms with E-state index in [0.29, 0.717) is 0 Å². The van der Waals surface area contributed by atoms with E-state index in [0.717, 1.165) is 11.3 Å². The van der Waals surface area contributed by atoms with Crippen molar-refractivity contribution in [1.29, 1.82) is 0 Å². The number of hydrogen-bond acceptors (Lipinski definition) is 0. The smallest absolute Gasteiger partial charge is 0.224 e. The molecule has 1 aromatic heterocycles. The number of unbranched alkanes of at least 4 members (excludes halogenated alkanes) is 1. The second-order valence-corrected chi connectivity index (χ2v) is 3.41. The molecule has 0 radical (unpaired) electrons. The number of halogens is 1. The number of aryl methyl sites for hydroxylation is 1. The highest BCUT2D eigenvalue weighted by molar-refractivity contribution is 9.10. The number of imidazole rings is 1. The molecule has 0 atom stereocenters. The Kier molecular flexibility index (Phi) is 3.53. The molecular weight excluding hydrogens is 216 g/mol. The molecule has 66 valence electrons. The summed E-state index contributed by atoms with van der Waals surface area (Å²) in [4.78, 5) is 0. The largest absolute Gasteiger partial charge is 0.329 e. The van der Waals surface area contributed by atoms with Crippen molar-refractivity contribution in [2.45, 2.75) is 26.3 Å². The van der Waals surface area contributed by atoms with Gasteiger partial charge in [0.2, 0.25) is 0 Å². The average molecular weight is 230 g/mol. The topological polar surface area (TPSA) is 8.81 Å². The molecule has 0 fully saturated rings. The van der Waals surface area contributed by atoms with Gasteiger partial charge in [-0.2, -0.15) is 4.57 Å². The molecule has 0 aliphatic carbocycles. The molecule has 0 spiro atoms. The van der Waals surface area contributed by atoms with Crippen molar-refractivity contribution in [2.24, 2.45) is 0 Å². The predicted molar refractivity (Wildman–Crippen MR) is 53.6 cm³/mol. The summed E-state index contributed by atoms with van der Waals surface area (Å²) < 4.78 is 5.19. The maximum Gasteiger partial charge on any atom is 0.329 e. The third kappa shape index (κ3) is 1.97. The van der Waals surface area contributed by atoms with Gasteiger partial charge in [0.15, 0.2) is 0 Å². The zero-order valence-electron chi connectivity index (χ0n) is 7.33. The quantitative estimate of drug-likeness (QED) is 0.702. The van der Waals surface area contributed by atoms with Gasteiger partial charge in [0, 0.05) is 15.9 Å². The van der Waals surface area contributed by atoms with E-state index in [4.69, 9.17) is 0 Å². The molecular formula is C9H14BrN2+. The minimum atomic E-state index is 1.06. The standard InChI is InChI=1S/C9H14BrN2/c1-3-5-6-12-8-7-11(4-2)9(12)10/h4,7-8H,2-3,5-6H2,1H3/q+1. The van der Waals surface area contributed by atoms with E-state index in [1.807, 2.05) is 10.8 Å². The maximum atomic E-state index is 3.71. The number of hydrogen-bond donors (Lipinski definition) is 0. The van der Waals surface area contributed by atoms with Crippen LogP contribution < -0.4 is 4.57 Å². The molecule has 0 amide bonds.